The predicted molar refractivity (Wildman–Crippen MR) is 71.2 cm³/mol. The van der Waals surface area contributed by atoms with E-state index < -0.39 is 17.6 Å². The Balaban J connectivity index is 2.57. The molecule has 0 fully saturated rings. The molecular formula is C14H13F4NS. The van der Waals surface area contributed by atoms with Gasteiger partial charge < -0.3 is 0 Å². The third kappa shape index (κ3) is 3.00. The number of nitrogens with zero attached hydrogens (tertiary/aromatic N) is 1. The van der Waals surface area contributed by atoms with Crippen LogP contribution in [0.5, 0.6) is 0 Å². The van der Waals surface area contributed by atoms with E-state index in [1.807, 2.05) is 20.8 Å². The highest BCUT2D eigenvalue weighted by molar-refractivity contribution is 7.13. The fraction of sp³-hybridized carbons (Fsp3) is 0.357. The van der Waals surface area contributed by atoms with Crippen LogP contribution in [0.2, 0.25) is 0 Å². The lowest BCUT2D eigenvalue weighted by Gasteiger charge is -2.14. The van der Waals surface area contributed by atoms with Gasteiger partial charge in [0.25, 0.3) is 0 Å². The van der Waals surface area contributed by atoms with Crippen molar-refractivity contribution in [1.29, 1.82) is 0 Å². The normalized spacial score (nSPS) is 12.8. The summed E-state index contributed by atoms with van der Waals surface area (Å²) in [6.45, 7) is 5.76. The van der Waals surface area contributed by atoms with Gasteiger partial charge in [-0.1, -0.05) is 20.8 Å². The molecule has 20 heavy (non-hydrogen) atoms. The maximum Gasteiger partial charge on any atom is 0.417 e. The van der Waals surface area contributed by atoms with E-state index >= 15 is 0 Å². The van der Waals surface area contributed by atoms with Crippen molar-refractivity contribution in [1.82, 2.24) is 4.98 Å². The van der Waals surface area contributed by atoms with E-state index in [4.69, 9.17) is 0 Å². The van der Waals surface area contributed by atoms with Gasteiger partial charge in [-0.05, 0) is 18.2 Å². The zero-order valence-electron chi connectivity index (χ0n) is 11.2. The van der Waals surface area contributed by atoms with Crippen molar-refractivity contribution < 1.29 is 17.6 Å². The first kappa shape index (κ1) is 15.0. The molecule has 2 rings (SSSR count). The number of benzene rings is 1. The van der Waals surface area contributed by atoms with Gasteiger partial charge in [-0.2, -0.15) is 13.2 Å². The molecule has 0 amide bonds. The molecular weight excluding hydrogens is 290 g/mol. The van der Waals surface area contributed by atoms with Crippen molar-refractivity contribution in [2.75, 3.05) is 0 Å². The number of rotatable bonds is 1. The molecule has 1 aromatic heterocycles. The predicted octanol–water partition coefficient (Wildman–Crippen LogP) is 5.27. The van der Waals surface area contributed by atoms with Gasteiger partial charge in [0.05, 0.1) is 11.3 Å². The number of thiazole rings is 1. The number of hydrogen-bond acceptors (Lipinski definition) is 2. The Morgan fingerprint density at radius 2 is 1.75 bits per heavy atom. The monoisotopic (exact) mass is 303 g/mol. The van der Waals surface area contributed by atoms with Crippen molar-refractivity contribution in [2.45, 2.75) is 32.4 Å². The summed E-state index contributed by atoms with van der Waals surface area (Å²) in [6.07, 6.45) is -4.53. The van der Waals surface area contributed by atoms with Gasteiger partial charge in [-0.3, -0.25) is 0 Å². The fourth-order valence-electron chi connectivity index (χ4n) is 1.68. The first-order chi connectivity index (χ1) is 9.09. The number of halogens is 4. The quantitative estimate of drug-likeness (QED) is 0.654. The Kier molecular flexibility index (Phi) is 3.62. The molecule has 0 aliphatic carbocycles. The molecule has 0 saturated heterocycles. The lowest BCUT2D eigenvalue weighted by molar-refractivity contribution is -0.137. The van der Waals surface area contributed by atoms with Crippen LogP contribution in [0.3, 0.4) is 0 Å². The van der Waals surface area contributed by atoms with Crippen molar-refractivity contribution in [3.8, 4) is 10.6 Å². The Hall–Kier alpha value is -1.43. The Morgan fingerprint density at radius 1 is 1.10 bits per heavy atom. The van der Waals surface area contributed by atoms with Crippen molar-refractivity contribution in [3.63, 3.8) is 0 Å². The van der Waals surface area contributed by atoms with Gasteiger partial charge in [0, 0.05) is 16.4 Å². The average molecular weight is 303 g/mol. The van der Waals surface area contributed by atoms with E-state index in [0.29, 0.717) is 5.69 Å². The fourth-order valence-corrected chi connectivity index (χ4v) is 2.76. The minimum absolute atomic E-state index is 0.182. The molecule has 0 spiro atoms. The lowest BCUT2D eigenvalue weighted by Crippen LogP contribution is -2.11. The van der Waals surface area contributed by atoms with Gasteiger partial charge in [0.15, 0.2) is 0 Å². The Labute approximate surface area is 118 Å². The van der Waals surface area contributed by atoms with Gasteiger partial charge in [0.1, 0.15) is 10.8 Å². The summed E-state index contributed by atoms with van der Waals surface area (Å²) in [6, 6.07) is 2.45. The average Bonchev–Trinajstić information content (AvgIpc) is 2.75. The SMILES string of the molecule is CC(C)(C)c1csc(-c2cc(F)ccc2C(F)(F)F)n1. The van der Waals surface area contributed by atoms with E-state index in [1.54, 1.807) is 5.38 Å². The molecule has 0 aliphatic rings. The van der Waals surface area contributed by atoms with Crippen LogP contribution in [0.1, 0.15) is 32.0 Å². The minimum atomic E-state index is -4.53. The summed E-state index contributed by atoms with van der Waals surface area (Å²) in [5.41, 5.74) is -0.651. The standard InChI is InChI=1S/C14H13F4NS/c1-13(2,3)11-7-20-12(19-11)9-6-8(15)4-5-10(9)14(16,17)18/h4-7H,1-3H3. The summed E-state index contributed by atoms with van der Waals surface area (Å²) in [5.74, 6) is -0.708. The molecule has 108 valence electrons. The molecule has 1 heterocycles. The Morgan fingerprint density at radius 3 is 2.25 bits per heavy atom. The molecule has 2 aromatic rings. The smallest absolute Gasteiger partial charge is 0.241 e. The van der Waals surface area contributed by atoms with E-state index in [1.165, 1.54) is 0 Å². The second-order valence-electron chi connectivity index (χ2n) is 5.48. The highest BCUT2D eigenvalue weighted by Crippen LogP contribution is 2.39. The van der Waals surface area contributed by atoms with Crippen LogP contribution in [0, 0.1) is 5.82 Å². The van der Waals surface area contributed by atoms with Crippen LogP contribution in [0.25, 0.3) is 10.6 Å². The van der Waals surface area contributed by atoms with Crippen LogP contribution >= 0.6 is 11.3 Å². The van der Waals surface area contributed by atoms with Crippen LogP contribution < -0.4 is 0 Å². The lowest BCUT2D eigenvalue weighted by atomic mass is 9.93. The third-order valence-electron chi connectivity index (χ3n) is 2.79. The van der Waals surface area contributed by atoms with Crippen LogP contribution in [-0.4, -0.2) is 4.98 Å². The third-order valence-corrected chi connectivity index (χ3v) is 3.67. The molecule has 0 bridgehead atoms. The maximum absolute atomic E-state index is 13.3. The zero-order chi connectivity index (χ0) is 15.1. The molecule has 0 aliphatic heterocycles. The molecule has 1 aromatic carbocycles. The zero-order valence-corrected chi connectivity index (χ0v) is 12.0. The first-order valence-corrected chi connectivity index (χ1v) is 6.80. The molecule has 6 heteroatoms. The molecule has 0 atom stereocenters. The summed E-state index contributed by atoms with van der Waals surface area (Å²) in [7, 11) is 0. The Bertz CT molecular complexity index is 623. The summed E-state index contributed by atoms with van der Waals surface area (Å²) < 4.78 is 52.2. The highest BCUT2D eigenvalue weighted by Gasteiger charge is 2.34. The summed E-state index contributed by atoms with van der Waals surface area (Å²) in [4.78, 5) is 4.22. The second kappa shape index (κ2) is 4.84. The molecule has 0 saturated carbocycles. The van der Waals surface area contributed by atoms with Crippen LogP contribution in [0.4, 0.5) is 17.6 Å². The van der Waals surface area contributed by atoms with Crippen molar-refractivity contribution in [3.05, 3.63) is 40.7 Å². The first-order valence-electron chi connectivity index (χ1n) is 5.92. The van der Waals surface area contributed by atoms with E-state index in [9.17, 15) is 17.6 Å². The summed E-state index contributed by atoms with van der Waals surface area (Å²) in [5, 5.41) is 1.89. The highest BCUT2D eigenvalue weighted by atomic mass is 32.1. The maximum atomic E-state index is 13.3. The van der Waals surface area contributed by atoms with Gasteiger partial charge in [-0.15, -0.1) is 11.3 Å². The number of aromatic nitrogens is 1. The second-order valence-corrected chi connectivity index (χ2v) is 6.33. The number of hydrogen-bond donors (Lipinski definition) is 0. The summed E-state index contributed by atoms with van der Waals surface area (Å²) >= 11 is 1.09. The molecule has 0 N–H and O–H groups in total. The van der Waals surface area contributed by atoms with Gasteiger partial charge in [-0.25, -0.2) is 9.37 Å². The van der Waals surface area contributed by atoms with Crippen LogP contribution in [0.15, 0.2) is 23.6 Å². The van der Waals surface area contributed by atoms with Crippen LogP contribution in [-0.2, 0) is 11.6 Å². The van der Waals surface area contributed by atoms with Gasteiger partial charge >= 0.3 is 6.18 Å². The minimum Gasteiger partial charge on any atom is -0.241 e. The van der Waals surface area contributed by atoms with E-state index in [-0.39, 0.29) is 16.0 Å². The largest absolute Gasteiger partial charge is 0.417 e. The molecule has 0 unspecified atom stereocenters. The van der Waals surface area contributed by atoms with Gasteiger partial charge in [0.2, 0.25) is 0 Å². The van der Waals surface area contributed by atoms with E-state index in [2.05, 4.69) is 4.98 Å². The van der Waals surface area contributed by atoms with Crippen molar-refractivity contribution in [2.24, 2.45) is 0 Å². The van der Waals surface area contributed by atoms with Crippen molar-refractivity contribution >= 4 is 11.3 Å². The number of alkyl halides is 3. The van der Waals surface area contributed by atoms with E-state index in [0.717, 1.165) is 29.5 Å². The topological polar surface area (TPSA) is 12.9 Å². The molecule has 0 radical (unpaired) electrons. The molecule has 1 nitrogen and oxygen atoms in total.